The first-order chi connectivity index (χ1) is 25.6. The Morgan fingerprint density at radius 1 is 0.442 bits per heavy atom. The molecule has 1 atom stereocenters. The van der Waals surface area contributed by atoms with E-state index in [1.165, 1.54) is 0 Å². The summed E-state index contributed by atoms with van der Waals surface area (Å²) < 4.78 is 25.1. The molecule has 3 heterocycles. The van der Waals surface area contributed by atoms with Crippen molar-refractivity contribution >= 4 is 44.9 Å². The number of para-hydroxylation sites is 2. The van der Waals surface area contributed by atoms with E-state index in [2.05, 4.69) is 41.0 Å². The highest BCUT2D eigenvalue weighted by molar-refractivity contribution is 7.85. The van der Waals surface area contributed by atoms with Crippen molar-refractivity contribution in [2.75, 3.05) is 0 Å². The molecule has 246 valence electrons. The molecule has 1 aliphatic rings. The Labute approximate surface area is 300 Å². The zero-order chi connectivity index (χ0) is 34.6. The molecule has 6 nitrogen and oxygen atoms in total. The van der Waals surface area contributed by atoms with Gasteiger partial charge in [0.2, 0.25) is 0 Å². The molecule has 1 aliphatic heterocycles. The lowest BCUT2D eigenvalue weighted by atomic mass is 10.1. The molecule has 10 rings (SSSR count). The summed E-state index contributed by atoms with van der Waals surface area (Å²) in [6.45, 7) is 0. The van der Waals surface area contributed by atoms with Crippen molar-refractivity contribution in [1.29, 1.82) is 0 Å². The van der Waals surface area contributed by atoms with Crippen LogP contribution in [0.3, 0.4) is 0 Å². The Morgan fingerprint density at radius 2 is 0.981 bits per heavy atom. The monoisotopic (exact) mass is 688 g/mol. The van der Waals surface area contributed by atoms with Crippen molar-refractivity contribution in [2.45, 2.75) is 0 Å². The third-order valence-corrected chi connectivity index (χ3v) is 12.8. The minimum atomic E-state index is -3.48. The number of benzene rings is 7. The molecule has 7 heteroatoms. The van der Waals surface area contributed by atoms with E-state index in [0.29, 0.717) is 39.6 Å². The second-order valence-corrected chi connectivity index (χ2v) is 15.5. The summed E-state index contributed by atoms with van der Waals surface area (Å²) in [4.78, 5) is 14.8. The van der Waals surface area contributed by atoms with E-state index in [4.69, 9.17) is 19.7 Å². The molecule has 0 saturated carbocycles. The molecule has 0 spiro atoms. The van der Waals surface area contributed by atoms with Crippen LogP contribution in [0.1, 0.15) is 0 Å². The lowest BCUT2D eigenvalue weighted by molar-refractivity contribution is 0.486. The zero-order valence-corrected chi connectivity index (χ0v) is 28.7. The van der Waals surface area contributed by atoms with Crippen molar-refractivity contribution in [2.24, 2.45) is 0 Å². The minimum Gasteiger partial charge on any atom is -0.456 e. The van der Waals surface area contributed by atoms with Crippen molar-refractivity contribution in [3.63, 3.8) is 0 Å². The molecule has 0 amide bonds. The molecule has 0 saturated heterocycles. The van der Waals surface area contributed by atoms with Gasteiger partial charge >= 0.3 is 0 Å². The van der Waals surface area contributed by atoms with Crippen LogP contribution in [0.15, 0.2) is 176 Å². The Balaban J connectivity index is 1.21. The van der Waals surface area contributed by atoms with Gasteiger partial charge in [0.05, 0.1) is 21.6 Å². The van der Waals surface area contributed by atoms with Gasteiger partial charge in [0.25, 0.3) is 0 Å². The molecule has 2 aromatic heterocycles. The second kappa shape index (κ2) is 12.0. The van der Waals surface area contributed by atoms with Crippen LogP contribution in [0.25, 0.3) is 61.7 Å². The fraction of sp³-hybridized carbons (Fsp3) is 0. The first kappa shape index (κ1) is 30.2. The minimum absolute atomic E-state index is 0.488. The number of fused-ring (bicyclic) bond motifs is 5. The van der Waals surface area contributed by atoms with Crippen LogP contribution in [-0.4, -0.2) is 19.5 Å². The summed E-state index contributed by atoms with van der Waals surface area (Å²) in [5.41, 5.74) is 5.58. The molecule has 52 heavy (non-hydrogen) atoms. The van der Waals surface area contributed by atoms with E-state index in [-0.39, 0.29) is 0 Å². The third kappa shape index (κ3) is 4.80. The van der Waals surface area contributed by atoms with Gasteiger partial charge in [-0.3, -0.25) is 0 Å². The fourth-order valence-electron chi connectivity index (χ4n) is 7.26. The fourth-order valence-corrected chi connectivity index (χ4v) is 10.1. The predicted molar refractivity (Wildman–Crippen MR) is 210 cm³/mol. The first-order valence-corrected chi connectivity index (χ1v) is 18.8. The second-order valence-electron chi connectivity index (χ2n) is 12.8. The lowest BCUT2D eigenvalue weighted by Crippen LogP contribution is -2.31. The molecule has 0 N–H and O–H groups in total. The number of hydrogen-bond donors (Lipinski definition) is 0. The predicted octanol–water partition coefficient (Wildman–Crippen LogP) is 9.71. The summed E-state index contributed by atoms with van der Waals surface area (Å²) in [5, 5.41) is 4.09. The maximum Gasteiger partial charge on any atom is 0.178 e. The van der Waals surface area contributed by atoms with Crippen LogP contribution in [0.4, 0.5) is 0 Å². The highest BCUT2D eigenvalue weighted by Crippen LogP contribution is 2.53. The summed E-state index contributed by atoms with van der Waals surface area (Å²) in [6.07, 6.45) is 0. The normalized spacial score (nSPS) is 14.8. The average Bonchev–Trinajstić information content (AvgIpc) is 3.54. The van der Waals surface area contributed by atoms with Crippen LogP contribution in [0.5, 0.6) is 11.5 Å². The van der Waals surface area contributed by atoms with E-state index in [9.17, 15) is 0 Å². The number of aromatic nitrogens is 4. The van der Waals surface area contributed by atoms with Gasteiger partial charge in [-0.15, -0.1) is 0 Å². The van der Waals surface area contributed by atoms with E-state index in [1.54, 1.807) is 0 Å². The Bertz CT molecular complexity index is 2780. The van der Waals surface area contributed by atoms with Crippen molar-refractivity contribution in [3.05, 3.63) is 176 Å². The van der Waals surface area contributed by atoms with E-state index >= 15 is 4.57 Å². The van der Waals surface area contributed by atoms with Gasteiger partial charge in [0, 0.05) is 44.5 Å². The molecule has 0 bridgehead atoms. The Hall–Kier alpha value is -6.62. The van der Waals surface area contributed by atoms with Gasteiger partial charge in [-0.1, -0.05) is 127 Å². The third-order valence-electron chi connectivity index (χ3n) is 9.70. The van der Waals surface area contributed by atoms with Gasteiger partial charge < -0.3 is 13.9 Å². The van der Waals surface area contributed by atoms with Gasteiger partial charge in [0.15, 0.2) is 24.6 Å². The van der Waals surface area contributed by atoms with Gasteiger partial charge in [-0.2, -0.15) is 0 Å². The smallest absolute Gasteiger partial charge is 0.178 e. The van der Waals surface area contributed by atoms with Crippen molar-refractivity contribution in [3.8, 4) is 51.3 Å². The standard InChI is InChI=1S/C45H29N4O2P/c50-52(34-21-11-4-12-22-34)41-27-32(45-47-43(30-15-5-1-6-16-30)46-44(48-45)31-17-7-2-8-18-31)25-26-39(41)51-40-29-38-36(28-42(40)52)35-23-13-14-24-37(35)49(38)33-19-9-3-10-20-33/h1-29H. The van der Waals surface area contributed by atoms with Gasteiger partial charge in [-0.25, -0.2) is 15.0 Å². The first-order valence-electron chi connectivity index (χ1n) is 17.1. The molecule has 0 fully saturated rings. The number of ether oxygens (including phenoxy) is 1. The topological polar surface area (TPSA) is 69.9 Å². The van der Waals surface area contributed by atoms with Crippen LogP contribution >= 0.6 is 7.14 Å². The summed E-state index contributed by atoms with van der Waals surface area (Å²) >= 11 is 0. The van der Waals surface area contributed by atoms with Gasteiger partial charge in [0.1, 0.15) is 11.5 Å². The Kier molecular flexibility index (Phi) is 6.98. The summed E-state index contributed by atoms with van der Waals surface area (Å²) in [5.74, 6) is 2.74. The highest BCUT2D eigenvalue weighted by Gasteiger charge is 2.40. The SMILES string of the molecule is O=P1(c2ccccc2)c2cc(-c3nc(-c4ccccc4)nc(-c4ccccc4)n3)ccc2Oc2cc3c(cc21)c1ccccc1n3-c1ccccc1. The maximum atomic E-state index is 16.2. The maximum absolute atomic E-state index is 16.2. The van der Waals surface area contributed by atoms with Crippen LogP contribution in [0, 0.1) is 0 Å². The lowest BCUT2D eigenvalue weighted by Gasteiger charge is -2.29. The molecular formula is C45H29N4O2P. The van der Waals surface area contributed by atoms with Crippen LogP contribution in [0.2, 0.25) is 0 Å². The summed E-state index contributed by atoms with van der Waals surface area (Å²) in [6, 6.07) is 58.1. The molecule has 9 aromatic rings. The Morgan fingerprint density at radius 3 is 1.63 bits per heavy atom. The van der Waals surface area contributed by atoms with Crippen LogP contribution in [-0.2, 0) is 4.57 Å². The summed E-state index contributed by atoms with van der Waals surface area (Å²) in [7, 11) is -3.48. The molecule has 7 aromatic carbocycles. The van der Waals surface area contributed by atoms with Crippen molar-refractivity contribution < 1.29 is 9.30 Å². The largest absolute Gasteiger partial charge is 0.456 e. The quantitative estimate of drug-likeness (QED) is 0.169. The van der Waals surface area contributed by atoms with Crippen molar-refractivity contribution in [1.82, 2.24) is 19.5 Å². The van der Waals surface area contributed by atoms with E-state index < -0.39 is 7.14 Å². The van der Waals surface area contributed by atoms with E-state index in [0.717, 1.165) is 49.5 Å². The zero-order valence-electron chi connectivity index (χ0n) is 27.8. The number of hydrogen-bond acceptors (Lipinski definition) is 5. The van der Waals surface area contributed by atoms with E-state index in [1.807, 2.05) is 140 Å². The molecular weight excluding hydrogens is 659 g/mol. The average molecular weight is 689 g/mol. The molecule has 0 aliphatic carbocycles. The van der Waals surface area contributed by atoms with Gasteiger partial charge in [-0.05, 0) is 42.5 Å². The number of nitrogens with zero attached hydrogens (tertiary/aromatic N) is 4. The molecule has 1 unspecified atom stereocenters. The molecule has 0 radical (unpaired) electrons. The highest BCUT2D eigenvalue weighted by atomic mass is 31.2. The number of rotatable bonds is 5. The van der Waals surface area contributed by atoms with Crippen LogP contribution < -0.4 is 20.7 Å².